The summed E-state index contributed by atoms with van der Waals surface area (Å²) in [4.78, 5) is 22.8. The molecule has 0 aromatic carbocycles. The van der Waals surface area contributed by atoms with Gasteiger partial charge in [-0.3, -0.25) is 0 Å². The normalized spacial score (nSPS) is 12.6. The fraction of sp³-hybridized carbons (Fsp3) is 0.857. The van der Waals surface area contributed by atoms with Crippen molar-refractivity contribution < 1.29 is 24.5 Å². The molecule has 0 spiro atoms. The summed E-state index contributed by atoms with van der Waals surface area (Å²) in [7, 11) is 0. The lowest BCUT2D eigenvalue weighted by Crippen LogP contribution is -2.51. The summed E-state index contributed by atoms with van der Waals surface area (Å²) >= 11 is 0. The van der Waals surface area contributed by atoms with Gasteiger partial charge in [-0.15, -0.1) is 0 Å². The van der Waals surface area contributed by atoms with E-state index in [1.54, 1.807) is 27.7 Å². The van der Waals surface area contributed by atoms with E-state index in [1.807, 2.05) is 0 Å². The molecule has 0 aliphatic carbocycles. The Morgan fingerprint density at radius 1 is 1.19 bits per heavy atom. The Kier molecular flexibility index (Phi) is 8.76. The number of hydrogen-bond acceptors (Lipinski definition) is 4. The second-order valence-electron chi connectivity index (χ2n) is 6.04. The number of carboxylic acid groups (broad SMARTS) is 1. The van der Waals surface area contributed by atoms with Gasteiger partial charge in [-0.2, -0.15) is 0 Å². The Morgan fingerprint density at radius 2 is 1.76 bits per heavy atom. The van der Waals surface area contributed by atoms with Gasteiger partial charge in [-0.05, 0) is 40.5 Å². The van der Waals surface area contributed by atoms with E-state index in [9.17, 15) is 9.59 Å². The average molecular weight is 304 g/mol. The van der Waals surface area contributed by atoms with Crippen molar-refractivity contribution in [1.82, 2.24) is 10.4 Å². The fourth-order valence-corrected chi connectivity index (χ4v) is 1.78. The van der Waals surface area contributed by atoms with Crippen molar-refractivity contribution in [3.05, 3.63) is 0 Å². The molecule has 0 radical (unpaired) electrons. The van der Waals surface area contributed by atoms with Crippen molar-refractivity contribution in [3.8, 4) is 0 Å². The van der Waals surface area contributed by atoms with Crippen LogP contribution in [0.4, 0.5) is 9.59 Å². The predicted octanol–water partition coefficient (Wildman–Crippen LogP) is 2.74. The molecule has 7 heteroatoms. The van der Waals surface area contributed by atoms with Crippen LogP contribution in [-0.2, 0) is 4.74 Å². The van der Waals surface area contributed by atoms with Crippen LogP contribution in [-0.4, -0.2) is 45.7 Å². The van der Waals surface area contributed by atoms with Gasteiger partial charge in [0.15, 0.2) is 0 Å². The number of nitrogens with one attached hydrogen (secondary N) is 1. The monoisotopic (exact) mass is 304 g/mol. The summed E-state index contributed by atoms with van der Waals surface area (Å²) in [6, 6.07) is -0.343. The summed E-state index contributed by atoms with van der Waals surface area (Å²) in [6.07, 6.45) is 2.06. The molecule has 0 aromatic rings. The number of ether oxygens (including phenoxy) is 1. The Hall–Kier alpha value is -1.50. The number of rotatable bonds is 7. The summed E-state index contributed by atoms with van der Waals surface area (Å²) in [5.74, 6) is 0. The van der Waals surface area contributed by atoms with Gasteiger partial charge in [-0.1, -0.05) is 19.3 Å². The van der Waals surface area contributed by atoms with Crippen LogP contribution < -0.4 is 5.43 Å². The van der Waals surface area contributed by atoms with Crippen molar-refractivity contribution in [2.24, 2.45) is 0 Å². The summed E-state index contributed by atoms with van der Waals surface area (Å²) in [5, 5.41) is 18.7. The molecule has 0 rings (SSSR count). The van der Waals surface area contributed by atoms with E-state index in [2.05, 4.69) is 5.43 Å². The van der Waals surface area contributed by atoms with Crippen molar-refractivity contribution in [3.63, 3.8) is 0 Å². The quantitative estimate of drug-likeness (QED) is 0.496. The average Bonchev–Trinajstić information content (AvgIpc) is 2.33. The molecule has 0 aliphatic heterocycles. The van der Waals surface area contributed by atoms with Gasteiger partial charge in [0.1, 0.15) is 5.60 Å². The maximum Gasteiger partial charge on any atom is 0.426 e. The Morgan fingerprint density at radius 3 is 2.24 bits per heavy atom. The van der Waals surface area contributed by atoms with Gasteiger partial charge in [0.2, 0.25) is 0 Å². The molecule has 0 saturated heterocycles. The van der Waals surface area contributed by atoms with Gasteiger partial charge in [0, 0.05) is 6.61 Å². The minimum Gasteiger partial charge on any atom is -0.464 e. The Balaban J connectivity index is 4.27. The smallest absolute Gasteiger partial charge is 0.426 e. The highest BCUT2D eigenvalue weighted by atomic mass is 16.6. The van der Waals surface area contributed by atoms with Crippen LogP contribution in [0.25, 0.3) is 0 Å². The van der Waals surface area contributed by atoms with Gasteiger partial charge in [0.25, 0.3) is 0 Å². The summed E-state index contributed by atoms with van der Waals surface area (Å²) in [6.45, 7) is 7.04. The van der Waals surface area contributed by atoms with E-state index < -0.39 is 17.8 Å². The standard InChI is InChI=1S/C14H28N2O5/c1-11(9-7-5-6-8-10-17)16(13(19)20)15-12(18)21-14(2,3)4/h11,17H,5-10H2,1-4H3,(H,15,18)(H,19,20)/t11-/m1/s1. The SMILES string of the molecule is C[C@H](CCCCCCO)N(NC(=O)OC(C)(C)C)C(=O)O. The number of aliphatic hydroxyl groups is 1. The lowest BCUT2D eigenvalue weighted by molar-refractivity contribution is 0.0258. The van der Waals surface area contributed by atoms with E-state index in [4.69, 9.17) is 14.9 Å². The van der Waals surface area contributed by atoms with Crippen LogP contribution >= 0.6 is 0 Å². The third-order valence-corrected chi connectivity index (χ3v) is 2.79. The highest BCUT2D eigenvalue weighted by Gasteiger charge is 2.24. The molecule has 0 aliphatic rings. The first-order chi connectivity index (χ1) is 9.67. The van der Waals surface area contributed by atoms with E-state index in [0.29, 0.717) is 6.42 Å². The van der Waals surface area contributed by atoms with Crippen LogP contribution in [0.1, 0.15) is 59.8 Å². The zero-order chi connectivity index (χ0) is 16.5. The molecule has 21 heavy (non-hydrogen) atoms. The number of hydrogen-bond donors (Lipinski definition) is 3. The van der Waals surface area contributed by atoms with Crippen molar-refractivity contribution in [2.45, 2.75) is 71.4 Å². The first-order valence-corrected chi connectivity index (χ1v) is 7.30. The Labute approximate surface area is 126 Å². The number of amides is 2. The van der Waals surface area contributed by atoms with Crippen LogP contribution in [0, 0.1) is 0 Å². The number of hydrazine groups is 1. The van der Waals surface area contributed by atoms with Crippen molar-refractivity contribution in [2.75, 3.05) is 6.61 Å². The number of nitrogens with zero attached hydrogens (tertiary/aromatic N) is 1. The van der Waals surface area contributed by atoms with Gasteiger partial charge < -0.3 is 14.9 Å². The number of unbranched alkanes of at least 4 members (excludes halogenated alkanes) is 3. The molecule has 0 heterocycles. The third-order valence-electron chi connectivity index (χ3n) is 2.79. The highest BCUT2D eigenvalue weighted by Crippen LogP contribution is 2.11. The van der Waals surface area contributed by atoms with E-state index >= 15 is 0 Å². The largest absolute Gasteiger partial charge is 0.464 e. The van der Waals surface area contributed by atoms with Crippen LogP contribution in [0.2, 0.25) is 0 Å². The first kappa shape index (κ1) is 19.5. The van der Waals surface area contributed by atoms with Crippen LogP contribution in [0.5, 0.6) is 0 Å². The number of carbonyl (C=O) groups is 2. The maximum absolute atomic E-state index is 11.6. The molecule has 0 bridgehead atoms. The second kappa shape index (κ2) is 9.44. The van der Waals surface area contributed by atoms with E-state index in [1.165, 1.54) is 0 Å². The van der Waals surface area contributed by atoms with Crippen molar-refractivity contribution >= 4 is 12.2 Å². The topological polar surface area (TPSA) is 99.1 Å². The van der Waals surface area contributed by atoms with Gasteiger partial charge >= 0.3 is 12.2 Å². The molecular weight excluding hydrogens is 276 g/mol. The molecule has 1 atom stereocenters. The van der Waals surface area contributed by atoms with Crippen LogP contribution in [0.3, 0.4) is 0 Å². The van der Waals surface area contributed by atoms with E-state index in [0.717, 1.165) is 30.7 Å². The second-order valence-corrected chi connectivity index (χ2v) is 6.04. The summed E-state index contributed by atoms with van der Waals surface area (Å²) < 4.78 is 5.04. The summed E-state index contributed by atoms with van der Waals surface area (Å²) in [5.41, 5.74) is 1.58. The van der Waals surface area contributed by atoms with Gasteiger partial charge in [0.05, 0.1) is 6.04 Å². The molecule has 3 N–H and O–H groups in total. The molecule has 124 valence electrons. The molecule has 0 unspecified atom stereocenters. The molecule has 0 saturated carbocycles. The molecule has 2 amide bonds. The molecule has 0 aromatic heterocycles. The van der Waals surface area contributed by atoms with Crippen LogP contribution in [0.15, 0.2) is 0 Å². The lowest BCUT2D eigenvalue weighted by Gasteiger charge is -2.28. The maximum atomic E-state index is 11.6. The number of carbonyl (C=O) groups excluding carboxylic acids is 1. The highest BCUT2D eigenvalue weighted by molar-refractivity contribution is 5.73. The minimum absolute atomic E-state index is 0.178. The van der Waals surface area contributed by atoms with Crippen molar-refractivity contribution in [1.29, 1.82) is 0 Å². The first-order valence-electron chi connectivity index (χ1n) is 7.30. The third kappa shape index (κ3) is 9.95. The predicted molar refractivity (Wildman–Crippen MR) is 78.9 cm³/mol. The molecule has 0 fully saturated rings. The zero-order valence-corrected chi connectivity index (χ0v) is 13.4. The Bertz CT molecular complexity index is 328. The molecular formula is C14H28N2O5. The minimum atomic E-state index is -1.22. The van der Waals surface area contributed by atoms with E-state index in [-0.39, 0.29) is 12.6 Å². The number of aliphatic hydroxyl groups excluding tert-OH is 1. The fourth-order valence-electron chi connectivity index (χ4n) is 1.78. The lowest BCUT2D eigenvalue weighted by atomic mass is 10.1. The molecule has 7 nitrogen and oxygen atoms in total. The van der Waals surface area contributed by atoms with Gasteiger partial charge in [-0.25, -0.2) is 20.0 Å². The zero-order valence-electron chi connectivity index (χ0n) is 13.4.